The molecule has 0 atom stereocenters. The minimum absolute atomic E-state index is 0.221. The summed E-state index contributed by atoms with van der Waals surface area (Å²) in [6.07, 6.45) is -3.88. The van der Waals surface area contributed by atoms with E-state index in [2.05, 4.69) is 9.72 Å². The van der Waals surface area contributed by atoms with E-state index in [1.807, 2.05) is 19.2 Å². The van der Waals surface area contributed by atoms with Gasteiger partial charge in [-0.3, -0.25) is 0 Å². The standard InChI is InChI=1S/C13H12F3NOS/c1-3-9-7-19-12(17-9)11-6-10(5-4-8(11)2)18-13(14,15)16/h4-7H,3H2,1-2H3. The van der Waals surface area contributed by atoms with Gasteiger partial charge in [0.1, 0.15) is 10.8 Å². The molecule has 19 heavy (non-hydrogen) atoms. The number of ether oxygens (including phenoxy) is 1. The lowest BCUT2D eigenvalue weighted by Gasteiger charge is -2.10. The quantitative estimate of drug-likeness (QED) is 0.824. The van der Waals surface area contributed by atoms with E-state index in [1.165, 1.54) is 23.5 Å². The molecular formula is C13H12F3NOS. The zero-order valence-corrected chi connectivity index (χ0v) is 11.2. The summed E-state index contributed by atoms with van der Waals surface area (Å²) in [5, 5.41) is 2.62. The van der Waals surface area contributed by atoms with Crippen molar-refractivity contribution in [2.45, 2.75) is 26.6 Å². The van der Waals surface area contributed by atoms with Crippen LogP contribution >= 0.6 is 11.3 Å². The van der Waals surface area contributed by atoms with Crippen molar-refractivity contribution in [3.63, 3.8) is 0 Å². The molecule has 2 aromatic rings. The molecule has 6 heteroatoms. The zero-order valence-electron chi connectivity index (χ0n) is 10.4. The maximum absolute atomic E-state index is 12.2. The third-order valence-electron chi connectivity index (χ3n) is 2.59. The van der Waals surface area contributed by atoms with E-state index in [0.717, 1.165) is 17.7 Å². The molecule has 2 nitrogen and oxygen atoms in total. The highest BCUT2D eigenvalue weighted by molar-refractivity contribution is 7.13. The van der Waals surface area contributed by atoms with Crippen LogP contribution in [0.1, 0.15) is 18.2 Å². The summed E-state index contributed by atoms with van der Waals surface area (Å²) in [6, 6.07) is 4.28. The third kappa shape index (κ3) is 3.47. The fourth-order valence-corrected chi connectivity index (χ4v) is 2.61. The van der Waals surface area contributed by atoms with Crippen molar-refractivity contribution in [2.24, 2.45) is 0 Å². The Bertz CT molecular complexity index is 578. The van der Waals surface area contributed by atoms with Gasteiger partial charge in [0.15, 0.2) is 0 Å². The van der Waals surface area contributed by atoms with Crippen LogP contribution in [0.4, 0.5) is 13.2 Å². The number of aromatic nitrogens is 1. The maximum Gasteiger partial charge on any atom is 0.573 e. The molecule has 1 aromatic carbocycles. The summed E-state index contributed by atoms with van der Waals surface area (Å²) in [7, 11) is 0. The van der Waals surface area contributed by atoms with Gasteiger partial charge in [-0.2, -0.15) is 0 Å². The van der Waals surface area contributed by atoms with Crippen molar-refractivity contribution < 1.29 is 17.9 Å². The number of benzene rings is 1. The van der Waals surface area contributed by atoms with E-state index in [1.54, 1.807) is 6.07 Å². The van der Waals surface area contributed by atoms with Gasteiger partial charge in [-0.05, 0) is 31.0 Å². The predicted molar refractivity (Wildman–Crippen MR) is 68.3 cm³/mol. The number of hydrogen-bond acceptors (Lipinski definition) is 3. The first-order valence-corrected chi connectivity index (χ1v) is 6.58. The fourth-order valence-electron chi connectivity index (χ4n) is 1.62. The van der Waals surface area contributed by atoms with E-state index in [-0.39, 0.29) is 5.75 Å². The molecule has 0 saturated carbocycles. The molecule has 102 valence electrons. The van der Waals surface area contributed by atoms with Crippen molar-refractivity contribution in [1.29, 1.82) is 0 Å². The normalized spacial score (nSPS) is 11.6. The van der Waals surface area contributed by atoms with Crippen LogP contribution in [0.5, 0.6) is 5.75 Å². The molecule has 0 amide bonds. The third-order valence-corrected chi connectivity index (χ3v) is 3.51. The Hall–Kier alpha value is -1.56. The highest BCUT2D eigenvalue weighted by Crippen LogP contribution is 2.32. The van der Waals surface area contributed by atoms with Gasteiger partial charge in [0.2, 0.25) is 0 Å². The molecular weight excluding hydrogens is 275 g/mol. The number of thiazole rings is 1. The van der Waals surface area contributed by atoms with E-state index in [9.17, 15) is 13.2 Å². The smallest absolute Gasteiger partial charge is 0.406 e. The van der Waals surface area contributed by atoms with Crippen molar-refractivity contribution >= 4 is 11.3 Å². The molecule has 0 bridgehead atoms. The lowest BCUT2D eigenvalue weighted by atomic mass is 10.1. The zero-order chi connectivity index (χ0) is 14.0. The minimum atomic E-state index is -4.68. The largest absolute Gasteiger partial charge is 0.573 e. The van der Waals surface area contributed by atoms with Crippen molar-refractivity contribution in [3.05, 3.63) is 34.8 Å². The van der Waals surface area contributed by atoms with Gasteiger partial charge in [-0.15, -0.1) is 24.5 Å². The summed E-state index contributed by atoms with van der Waals surface area (Å²) < 4.78 is 40.5. The van der Waals surface area contributed by atoms with Crippen LogP contribution in [0.25, 0.3) is 10.6 Å². The Kier molecular flexibility index (Phi) is 3.80. The molecule has 0 aliphatic carbocycles. The van der Waals surface area contributed by atoms with Gasteiger partial charge in [-0.1, -0.05) is 13.0 Å². The molecule has 0 saturated heterocycles. The van der Waals surface area contributed by atoms with Gasteiger partial charge in [0.25, 0.3) is 0 Å². The molecule has 0 spiro atoms. The second kappa shape index (κ2) is 5.21. The fraction of sp³-hybridized carbons (Fsp3) is 0.308. The van der Waals surface area contributed by atoms with E-state index in [0.29, 0.717) is 10.6 Å². The van der Waals surface area contributed by atoms with Gasteiger partial charge in [0.05, 0.1) is 5.69 Å². The van der Waals surface area contributed by atoms with Crippen LogP contribution in [0.3, 0.4) is 0 Å². The van der Waals surface area contributed by atoms with Crippen molar-refractivity contribution in [3.8, 4) is 16.3 Å². The number of rotatable bonds is 3. The van der Waals surface area contributed by atoms with E-state index < -0.39 is 6.36 Å². The van der Waals surface area contributed by atoms with E-state index in [4.69, 9.17) is 0 Å². The topological polar surface area (TPSA) is 22.1 Å². The van der Waals surface area contributed by atoms with Crippen LogP contribution in [-0.4, -0.2) is 11.3 Å². The van der Waals surface area contributed by atoms with Gasteiger partial charge in [-0.25, -0.2) is 4.98 Å². The Morgan fingerprint density at radius 1 is 1.32 bits per heavy atom. The molecule has 1 heterocycles. The molecule has 0 aliphatic rings. The van der Waals surface area contributed by atoms with Crippen LogP contribution in [-0.2, 0) is 6.42 Å². The first-order valence-electron chi connectivity index (χ1n) is 5.70. The predicted octanol–water partition coefficient (Wildman–Crippen LogP) is 4.58. The Morgan fingerprint density at radius 2 is 2.05 bits per heavy atom. The Morgan fingerprint density at radius 3 is 2.63 bits per heavy atom. The van der Waals surface area contributed by atoms with Gasteiger partial charge in [0, 0.05) is 10.9 Å². The number of aryl methyl sites for hydroxylation is 2. The second-order valence-corrected chi connectivity index (χ2v) is 4.88. The minimum Gasteiger partial charge on any atom is -0.406 e. The molecule has 1 aromatic heterocycles. The monoisotopic (exact) mass is 287 g/mol. The van der Waals surface area contributed by atoms with Gasteiger partial charge < -0.3 is 4.74 Å². The molecule has 0 unspecified atom stereocenters. The molecule has 0 N–H and O–H groups in total. The first-order chi connectivity index (χ1) is 8.89. The van der Waals surface area contributed by atoms with Crippen LogP contribution in [0, 0.1) is 6.92 Å². The number of alkyl halides is 3. The van der Waals surface area contributed by atoms with Crippen LogP contribution in [0.15, 0.2) is 23.6 Å². The maximum atomic E-state index is 12.2. The summed E-state index contributed by atoms with van der Waals surface area (Å²) in [5.41, 5.74) is 2.47. The molecule has 0 fully saturated rings. The first kappa shape index (κ1) is 13.9. The van der Waals surface area contributed by atoms with Gasteiger partial charge >= 0.3 is 6.36 Å². The summed E-state index contributed by atoms with van der Waals surface area (Å²) >= 11 is 1.42. The van der Waals surface area contributed by atoms with Crippen molar-refractivity contribution in [1.82, 2.24) is 4.98 Å². The summed E-state index contributed by atoms with van der Waals surface area (Å²) in [4.78, 5) is 4.38. The highest BCUT2D eigenvalue weighted by atomic mass is 32.1. The average molecular weight is 287 g/mol. The molecule has 2 rings (SSSR count). The Labute approximate surface area is 112 Å². The summed E-state index contributed by atoms with van der Waals surface area (Å²) in [5.74, 6) is -0.221. The molecule has 0 aliphatic heterocycles. The number of hydrogen-bond donors (Lipinski definition) is 0. The SMILES string of the molecule is CCc1csc(-c2cc(OC(F)(F)F)ccc2C)n1. The van der Waals surface area contributed by atoms with Crippen molar-refractivity contribution in [2.75, 3.05) is 0 Å². The lowest BCUT2D eigenvalue weighted by molar-refractivity contribution is -0.274. The second-order valence-electron chi connectivity index (χ2n) is 4.02. The molecule has 0 radical (unpaired) electrons. The Balaban J connectivity index is 2.36. The summed E-state index contributed by atoms with van der Waals surface area (Å²) in [6.45, 7) is 3.81. The average Bonchev–Trinajstić information content (AvgIpc) is 2.78. The van der Waals surface area contributed by atoms with Crippen LogP contribution in [0.2, 0.25) is 0 Å². The number of halogens is 3. The lowest BCUT2D eigenvalue weighted by Crippen LogP contribution is -2.17. The highest BCUT2D eigenvalue weighted by Gasteiger charge is 2.31. The van der Waals surface area contributed by atoms with E-state index >= 15 is 0 Å². The van der Waals surface area contributed by atoms with Crippen LogP contribution < -0.4 is 4.74 Å². The number of nitrogens with zero attached hydrogens (tertiary/aromatic N) is 1.